The molecule has 6 nitrogen and oxygen atoms in total. The standard InChI is InChI=1S/C50H30F10N4O2Si/c1-67(2,3)22-21-66-50(65)25-11-9-24(10-12-25)35-28-15-19-32(63-28)36(38-40(51)44(55)48(59)45(56)41(38)52)30-17-13-26(61-30)34(23-7-5-4-6-8-23)27-14-18-31(62-27)37(33-20-16-29(35)64-33)39-42(53)46(57)49(60)47(58)43(39)54/h4-20H,21-22H2,1-3H3. The van der Waals surface area contributed by atoms with Gasteiger partial charge in [0.15, 0.2) is 46.5 Å². The summed E-state index contributed by atoms with van der Waals surface area (Å²) in [5.41, 5.74) is -4.16. The van der Waals surface area contributed by atoms with E-state index < -0.39 is 94.5 Å². The van der Waals surface area contributed by atoms with Gasteiger partial charge in [0.1, 0.15) is 0 Å². The van der Waals surface area contributed by atoms with Crippen molar-refractivity contribution in [3.8, 4) is 0 Å². The number of halogens is 10. The number of ether oxygens (including phenoxy) is 1. The fourth-order valence-corrected chi connectivity index (χ4v) is 8.47. The van der Waals surface area contributed by atoms with Crippen LogP contribution in [0.5, 0.6) is 0 Å². The lowest BCUT2D eigenvalue weighted by molar-refractivity contribution is 0.0525. The largest absolute Gasteiger partial charge is 0.462 e. The minimum absolute atomic E-state index is 0.0175. The molecule has 4 aromatic carbocycles. The first-order valence-electron chi connectivity index (χ1n) is 20.4. The summed E-state index contributed by atoms with van der Waals surface area (Å²) in [6, 6.07) is 14.7. The molecule has 5 aliphatic heterocycles. The molecule has 0 aliphatic carbocycles. The highest BCUT2D eigenvalue weighted by Gasteiger charge is 2.36. The Balaban J connectivity index is 1.35. The van der Waals surface area contributed by atoms with Crippen LogP contribution in [0.2, 0.25) is 25.7 Å². The third-order valence-electron chi connectivity index (χ3n) is 11.1. The molecule has 5 heterocycles. The zero-order valence-electron chi connectivity index (χ0n) is 35.1. The highest BCUT2D eigenvalue weighted by Crippen LogP contribution is 2.41. The van der Waals surface area contributed by atoms with Gasteiger partial charge in [-0.15, -0.1) is 0 Å². The summed E-state index contributed by atoms with van der Waals surface area (Å²) in [5.74, 6) is -23.0. The Morgan fingerprint density at radius 1 is 0.433 bits per heavy atom. The SMILES string of the molecule is C[Si](C)(C)CCOC(=O)c1ccc(C2=C3C=CC(=N3)C(c3c(F)c(F)c(F)c(F)c3F)=C3C=CC(=N3)C(c3ccccc3)=C3C=CC(=N3)C(c3c(F)c(F)c(F)c(F)c3F)=C3C=CC2=N3)cc1. The Labute approximate surface area is 375 Å². The van der Waals surface area contributed by atoms with Crippen LogP contribution in [0, 0.1) is 58.2 Å². The smallest absolute Gasteiger partial charge is 0.338 e. The molecule has 67 heavy (non-hydrogen) atoms. The molecule has 17 heteroatoms. The molecule has 8 bridgehead atoms. The number of carbonyl (C=O) groups is 1. The van der Waals surface area contributed by atoms with Gasteiger partial charge in [-0.2, -0.15) is 0 Å². The van der Waals surface area contributed by atoms with Gasteiger partial charge in [0, 0.05) is 30.4 Å². The van der Waals surface area contributed by atoms with Crippen LogP contribution in [0.3, 0.4) is 0 Å². The number of fused-ring (bicyclic) bond motifs is 4. The molecule has 336 valence electrons. The lowest BCUT2D eigenvalue weighted by atomic mass is 9.96. The number of rotatable bonds is 8. The number of hydrogen-bond acceptors (Lipinski definition) is 6. The number of allylic oxidation sites excluding steroid dienone is 12. The lowest BCUT2D eigenvalue weighted by Gasteiger charge is -2.15. The van der Waals surface area contributed by atoms with E-state index in [9.17, 15) is 13.6 Å². The molecule has 0 spiro atoms. The van der Waals surface area contributed by atoms with Crippen molar-refractivity contribution < 1.29 is 53.4 Å². The third kappa shape index (κ3) is 7.92. The molecule has 0 N–H and O–H groups in total. The topological polar surface area (TPSA) is 75.7 Å². The monoisotopic (exact) mass is 936 g/mol. The maximum Gasteiger partial charge on any atom is 0.338 e. The van der Waals surface area contributed by atoms with Crippen molar-refractivity contribution in [2.75, 3.05) is 6.61 Å². The first-order valence-corrected chi connectivity index (χ1v) is 24.1. The Bertz CT molecular complexity index is 3170. The molecule has 4 aromatic rings. The molecule has 0 radical (unpaired) electrons. The van der Waals surface area contributed by atoms with E-state index >= 15 is 35.1 Å². The second-order valence-electron chi connectivity index (χ2n) is 16.6. The summed E-state index contributed by atoms with van der Waals surface area (Å²) in [6.07, 6.45) is 10.4. The fourth-order valence-electron chi connectivity index (χ4n) is 7.75. The second kappa shape index (κ2) is 17.0. The zero-order chi connectivity index (χ0) is 47.6. The van der Waals surface area contributed by atoms with Crippen molar-refractivity contribution in [3.05, 3.63) is 212 Å². The van der Waals surface area contributed by atoms with E-state index in [-0.39, 0.29) is 74.5 Å². The van der Waals surface area contributed by atoms with Gasteiger partial charge in [-0.05, 0) is 77.9 Å². The van der Waals surface area contributed by atoms with Crippen LogP contribution in [0.15, 0.2) is 146 Å². The molecule has 0 fully saturated rings. The van der Waals surface area contributed by atoms with Crippen LogP contribution in [-0.2, 0) is 4.74 Å². The van der Waals surface area contributed by atoms with E-state index in [1.807, 2.05) is 0 Å². The summed E-state index contributed by atoms with van der Waals surface area (Å²) < 4.78 is 158. The summed E-state index contributed by atoms with van der Waals surface area (Å²) in [5, 5.41) is 0. The van der Waals surface area contributed by atoms with Gasteiger partial charge in [0.25, 0.3) is 0 Å². The number of carbonyl (C=O) groups excluding carboxylic acids is 1. The van der Waals surface area contributed by atoms with Crippen molar-refractivity contribution in [3.63, 3.8) is 0 Å². The molecule has 0 saturated heterocycles. The van der Waals surface area contributed by atoms with Crippen LogP contribution in [0.25, 0.3) is 22.3 Å². The normalized spacial score (nSPS) is 16.5. The first kappa shape index (κ1) is 44.7. The minimum Gasteiger partial charge on any atom is -0.462 e. The van der Waals surface area contributed by atoms with Crippen LogP contribution in [-0.4, -0.2) is 43.5 Å². The minimum atomic E-state index is -2.39. The number of benzene rings is 4. The van der Waals surface area contributed by atoms with Gasteiger partial charge in [-0.1, -0.05) is 62.1 Å². The van der Waals surface area contributed by atoms with Crippen LogP contribution < -0.4 is 0 Å². The first-order chi connectivity index (χ1) is 31.9. The van der Waals surface area contributed by atoms with Gasteiger partial charge in [-0.25, -0.2) is 68.7 Å². The number of nitrogens with zero attached hydrogens (tertiary/aromatic N) is 4. The van der Waals surface area contributed by atoms with E-state index in [1.165, 1.54) is 72.9 Å². The number of aliphatic imine (C=N–C) groups is 4. The van der Waals surface area contributed by atoms with Crippen molar-refractivity contribution in [2.45, 2.75) is 25.7 Å². The van der Waals surface area contributed by atoms with Gasteiger partial charge >= 0.3 is 5.97 Å². The van der Waals surface area contributed by atoms with E-state index in [1.54, 1.807) is 30.3 Å². The fraction of sp³-hybridized carbons (Fsp3) is 0.100. The Morgan fingerprint density at radius 2 is 0.761 bits per heavy atom. The van der Waals surface area contributed by atoms with Crippen molar-refractivity contribution in [1.82, 2.24) is 0 Å². The average Bonchev–Trinajstić information content (AvgIpc) is 4.17. The molecular weight excluding hydrogens is 907 g/mol. The maximum atomic E-state index is 15.9. The predicted molar refractivity (Wildman–Crippen MR) is 238 cm³/mol. The van der Waals surface area contributed by atoms with Gasteiger partial charge in [0.2, 0.25) is 11.6 Å². The van der Waals surface area contributed by atoms with E-state index in [0.29, 0.717) is 11.6 Å². The molecule has 0 saturated carbocycles. The highest BCUT2D eigenvalue weighted by atomic mass is 28.3. The van der Waals surface area contributed by atoms with Crippen LogP contribution in [0.1, 0.15) is 32.6 Å². The molecular formula is C50H30F10N4O2Si. The predicted octanol–water partition coefficient (Wildman–Crippen LogP) is 12.6. The Morgan fingerprint density at radius 3 is 1.13 bits per heavy atom. The highest BCUT2D eigenvalue weighted by molar-refractivity contribution is 6.76. The van der Waals surface area contributed by atoms with Gasteiger partial charge in [0.05, 0.1) is 68.9 Å². The molecule has 9 rings (SSSR count). The molecule has 0 unspecified atom stereocenters. The van der Waals surface area contributed by atoms with Crippen LogP contribution >= 0.6 is 0 Å². The van der Waals surface area contributed by atoms with E-state index in [4.69, 9.17) is 4.74 Å². The van der Waals surface area contributed by atoms with Crippen LogP contribution in [0.4, 0.5) is 43.9 Å². The summed E-state index contributed by atoms with van der Waals surface area (Å²) >= 11 is 0. The van der Waals surface area contributed by atoms with Gasteiger partial charge < -0.3 is 4.74 Å². The van der Waals surface area contributed by atoms with E-state index in [0.717, 1.165) is 0 Å². The Hall–Kier alpha value is -7.53. The quantitative estimate of drug-likeness (QED) is 0.0580. The van der Waals surface area contributed by atoms with E-state index in [2.05, 4.69) is 39.6 Å². The van der Waals surface area contributed by atoms with Crippen molar-refractivity contribution in [2.24, 2.45) is 20.0 Å². The number of esters is 1. The Kier molecular flexibility index (Phi) is 11.4. The third-order valence-corrected chi connectivity index (χ3v) is 12.8. The van der Waals surface area contributed by atoms with Gasteiger partial charge in [-0.3, -0.25) is 0 Å². The molecule has 5 aliphatic rings. The van der Waals surface area contributed by atoms with Crippen molar-refractivity contribution >= 4 is 59.2 Å². The summed E-state index contributed by atoms with van der Waals surface area (Å²) in [4.78, 5) is 31.6. The molecule has 0 amide bonds. The second-order valence-corrected chi connectivity index (χ2v) is 22.3. The zero-order valence-corrected chi connectivity index (χ0v) is 36.1. The summed E-state index contributed by atoms with van der Waals surface area (Å²) in [6.45, 7) is 6.53. The lowest BCUT2D eigenvalue weighted by Crippen LogP contribution is -2.22. The summed E-state index contributed by atoms with van der Waals surface area (Å²) in [7, 11) is -1.56. The maximum absolute atomic E-state index is 15.9. The van der Waals surface area contributed by atoms with Crippen molar-refractivity contribution in [1.29, 1.82) is 0 Å². The number of hydrogen-bond donors (Lipinski definition) is 0. The molecule has 0 aromatic heterocycles. The molecule has 0 atom stereocenters. The average molecular weight is 937 g/mol.